The largest absolute Gasteiger partial charge is 0.316 e. The summed E-state index contributed by atoms with van der Waals surface area (Å²) < 4.78 is 0. The second-order valence-electron chi connectivity index (χ2n) is 8.78. The normalized spacial score (nSPS) is 34.6. The molecule has 2 unspecified atom stereocenters. The zero-order valence-corrected chi connectivity index (χ0v) is 15.0. The van der Waals surface area contributed by atoms with E-state index in [-0.39, 0.29) is 0 Å². The Balaban J connectivity index is 1.97. The third-order valence-corrected chi connectivity index (χ3v) is 5.93. The van der Waals surface area contributed by atoms with Gasteiger partial charge in [-0.15, -0.1) is 0 Å². The molecule has 1 aliphatic heterocycles. The third kappa shape index (κ3) is 5.25. The number of nitrogens with one attached hydrogen (secondary N) is 1. The lowest BCUT2D eigenvalue weighted by Gasteiger charge is -2.43. The zero-order chi connectivity index (χ0) is 15.3. The van der Waals surface area contributed by atoms with Crippen LogP contribution < -0.4 is 5.32 Å². The molecule has 2 nitrogen and oxygen atoms in total. The fourth-order valence-electron chi connectivity index (χ4n) is 4.63. The number of likely N-dealkylation sites (tertiary alicyclic amines) is 1. The lowest BCUT2D eigenvalue weighted by Crippen LogP contribution is -2.47. The summed E-state index contributed by atoms with van der Waals surface area (Å²) in [5.74, 6) is 0.917. The van der Waals surface area contributed by atoms with Crippen LogP contribution in [-0.2, 0) is 0 Å². The molecule has 1 N–H and O–H groups in total. The van der Waals surface area contributed by atoms with Crippen LogP contribution in [0.4, 0.5) is 0 Å². The summed E-state index contributed by atoms with van der Waals surface area (Å²) in [6.07, 6.45) is 9.91. The molecule has 0 aromatic rings. The summed E-state index contributed by atoms with van der Waals surface area (Å²) in [6, 6.07) is 0. The average molecular weight is 295 g/mol. The van der Waals surface area contributed by atoms with Gasteiger partial charge in [-0.1, -0.05) is 40.5 Å². The maximum Gasteiger partial charge on any atom is 0.00502 e. The molecule has 1 saturated carbocycles. The van der Waals surface area contributed by atoms with Crippen molar-refractivity contribution < 1.29 is 0 Å². The minimum atomic E-state index is 0.544. The van der Waals surface area contributed by atoms with Crippen molar-refractivity contribution in [3.63, 3.8) is 0 Å². The van der Waals surface area contributed by atoms with E-state index < -0.39 is 0 Å². The first kappa shape index (κ1) is 17.3. The van der Waals surface area contributed by atoms with Gasteiger partial charge < -0.3 is 10.2 Å². The number of nitrogens with zero attached hydrogens (tertiary/aromatic N) is 1. The Bertz CT molecular complexity index is 313. The highest BCUT2D eigenvalue weighted by atomic mass is 15.1. The molecule has 0 aromatic carbocycles. The van der Waals surface area contributed by atoms with Gasteiger partial charge in [-0.05, 0) is 68.5 Å². The predicted molar refractivity (Wildman–Crippen MR) is 92.7 cm³/mol. The first-order valence-corrected chi connectivity index (χ1v) is 9.38. The van der Waals surface area contributed by atoms with E-state index in [1.54, 1.807) is 0 Å². The standard InChI is InChI=1S/C19H38N2/c1-5-20-15-19(10-6-8-17(2)14-19)16-21-12-7-9-18(3,4)11-13-21/h17,20H,5-16H2,1-4H3. The second-order valence-corrected chi connectivity index (χ2v) is 8.78. The Labute approximate surface area is 133 Å². The minimum Gasteiger partial charge on any atom is -0.316 e. The highest BCUT2D eigenvalue weighted by Crippen LogP contribution is 2.40. The number of hydrogen-bond acceptors (Lipinski definition) is 2. The lowest BCUT2D eigenvalue weighted by atomic mass is 9.69. The predicted octanol–water partition coefficient (Wildman–Crippen LogP) is 4.30. The quantitative estimate of drug-likeness (QED) is 0.813. The first-order chi connectivity index (χ1) is 9.95. The van der Waals surface area contributed by atoms with Crippen molar-refractivity contribution >= 4 is 0 Å². The molecule has 2 aliphatic rings. The summed E-state index contributed by atoms with van der Waals surface area (Å²) in [5, 5.41) is 3.67. The molecule has 0 aromatic heterocycles. The van der Waals surface area contributed by atoms with E-state index in [1.807, 2.05) is 0 Å². The van der Waals surface area contributed by atoms with E-state index in [0.717, 1.165) is 12.5 Å². The van der Waals surface area contributed by atoms with Gasteiger partial charge in [0, 0.05) is 13.1 Å². The van der Waals surface area contributed by atoms with Crippen LogP contribution in [0.5, 0.6) is 0 Å². The van der Waals surface area contributed by atoms with Crippen molar-refractivity contribution in [2.75, 3.05) is 32.7 Å². The van der Waals surface area contributed by atoms with Crippen molar-refractivity contribution in [2.45, 2.75) is 72.6 Å². The van der Waals surface area contributed by atoms with Gasteiger partial charge in [0.2, 0.25) is 0 Å². The topological polar surface area (TPSA) is 15.3 Å². The second kappa shape index (κ2) is 7.46. The van der Waals surface area contributed by atoms with Gasteiger partial charge in [-0.3, -0.25) is 0 Å². The van der Waals surface area contributed by atoms with E-state index >= 15 is 0 Å². The highest BCUT2D eigenvalue weighted by Gasteiger charge is 2.36. The molecular formula is C19H38N2. The van der Waals surface area contributed by atoms with Crippen LogP contribution in [0.15, 0.2) is 0 Å². The first-order valence-electron chi connectivity index (χ1n) is 9.38. The molecule has 2 atom stereocenters. The summed E-state index contributed by atoms with van der Waals surface area (Å²) in [5.41, 5.74) is 1.10. The van der Waals surface area contributed by atoms with E-state index in [0.29, 0.717) is 10.8 Å². The van der Waals surface area contributed by atoms with Gasteiger partial charge in [0.1, 0.15) is 0 Å². The van der Waals surface area contributed by atoms with Gasteiger partial charge in [-0.25, -0.2) is 0 Å². The molecule has 0 radical (unpaired) electrons. The fourth-order valence-corrected chi connectivity index (χ4v) is 4.63. The van der Waals surface area contributed by atoms with Gasteiger partial charge >= 0.3 is 0 Å². The van der Waals surface area contributed by atoms with E-state index in [9.17, 15) is 0 Å². The zero-order valence-electron chi connectivity index (χ0n) is 15.0. The van der Waals surface area contributed by atoms with E-state index in [1.165, 1.54) is 71.1 Å². The van der Waals surface area contributed by atoms with Crippen LogP contribution in [0.1, 0.15) is 72.6 Å². The Hall–Kier alpha value is -0.0800. The fraction of sp³-hybridized carbons (Fsp3) is 1.00. The molecule has 1 aliphatic carbocycles. The molecule has 1 saturated heterocycles. The van der Waals surface area contributed by atoms with Crippen molar-refractivity contribution in [1.82, 2.24) is 10.2 Å². The third-order valence-electron chi connectivity index (χ3n) is 5.93. The Morgan fingerprint density at radius 2 is 1.90 bits per heavy atom. The molecule has 2 rings (SSSR count). The van der Waals surface area contributed by atoms with Crippen LogP contribution in [-0.4, -0.2) is 37.6 Å². The molecule has 0 spiro atoms. The minimum absolute atomic E-state index is 0.544. The van der Waals surface area contributed by atoms with E-state index in [2.05, 4.69) is 37.9 Å². The Morgan fingerprint density at radius 1 is 1.10 bits per heavy atom. The van der Waals surface area contributed by atoms with Crippen molar-refractivity contribution in [3.05, 3.63) is 0 Å². The molecule has 0 amide bonds. The monoisotopic (exact) mass is 294 g/mol. The summed E-state index contributed by atoms with van der Waals surface area (Å²) in [6.45, 7) is 15.9. The Kier molecular flexibility index (Phi) is 6.14. The van der Waals surface area contributed by atoms with Crippen LogP contribution in [0, 0.1) is 16.7 Å². The summed E-state index contributed by atoms with van der Waals surface area (Å²) in [7, 11) is 0. The van der Waals surface area contributed by atoms with Gasteiger partial charge in [-0.2, -0.15) is 0 Å². The van der Waals surface area contributed by atoms with Crippen molar-refractivity contribution in [3.8, 4) is 0 Å². The molecule has 1 heterocycles. The average Bonchev–Trinajstić information content (AvgIpc) is 2.58. The Morgan fingerprint density at radius 3 is 2.62 bits per heavy atom. The molecule has 21 heavy (non-hydrogen) atoms. The van der Waals surface area contributed by atoms with Crippen molar-refractivity contribution in [1.29, 1.82) is 0 Å². The highest BCUT2D eigenvalue weighted by molar-refractivity contribution is 4.91. The lowest BCUT2D eigenvalue weighted by molar-refractivity contribution is 0.0805. The van der Waals surface area contributed by atoms with Crippen LogP contribution in [0.2, 0.25) is 0 Å². The number of rotatable bonds is 5. The van der Waals surface area contributed by atoms with Gasteiger partial charge in [0.25, 0.3) is 0 Å². The molecule has 124 valence electrons. The maximum absolute atomic E-state index is 3.67. The van der Waals surface area contributed by atoms with Crippen LogP contribution in [0.25, 0.3) is 0 Å². The number of hydrogen-bond donors (Lipinski definition) is 1. The molecule has 2 heteroatoms. The summed E-state index contributed by atoms with van der Waals surface area (Å²) >= 11 is 0. The van der Waals surface area contributed by atoms with E-state index in [4.69, 9.17) is 0 Å². The van der Waals surface area contributed by atoms with Crippen LogP contribution >= 0.6 is 0 Å². The molecule has 0 bridgehead atoms. The SMILES string of the molecule is CCNCC1(CN2CCCC(C)(C)CC2)CCCC(C)C1. The van der Waals surface area contributed by atoms with Crippen molar-refractivity contribution in [2.24, 2.45) is 16.7 Å². The van der Waals surface area contributed by atoms with Crippen LogP contribution in [0.3, 0.4) is 0 Å². The van der Waals surface area contributed by atoms with Gasteiger partial charge in [0.15, 0.2) is 0 Å². The molecule has 2 fully saturated rings. The summed E-state index contributed by atoms with van der Waals surface area (Å²) in [4.78, 5) is 2.80. The molecular weight excluding hydrogens is 256 g/mol. The smallest absolute Gasteiger partial charge is 0.00502 e. The van der Waals surface area contributed by atoms with Gasteiger partial charge in [0.05, 0.1) is 0 Å². The maximum atomic E-state index is 3.67.